The van der Waals surface area contributed by atoms with Crippen molar-refractivity contribution >= 4 is 16.6 Å². The summed E-state index contributed by atoms with van der Waals surface area (Å²) in [5, 5.41) is 15.9. The molecule has 0 unspecified atom stereocenters. The molecule has 4 nitrogen and oxygen atoms in total. The highest BCUT2D eigenvalue weighted by Crippen LogP contribution is 2.26. The molecule has 0 radical (unpaired) electrons. The van der Waals surface area contributed by atoms with Crippen LogP contribution in [0.1, 0.15) is 57.8 Å². The zero-order valence-electron chi connectivity index (χ0n) is 13.9. The number of hydrogen-bond acceptors (Lipinski definition) is 3. The lowest BCUT2D eigenvalue weighted by Crippen LogP contribution is -2.43. The van der Waals surface area contributed by atoms with Crippen LogP contribution in [0.3, 0.4) is 0 Å². The third-order valence-electron chi connectivity index (χ3n) is 5.61. The maximum absolute atomic E-state index is 4.09. The molecule has 1 aromatic heterocycles. The Morgan fingerprint density at radius 3 is 2.43 bits per heavy atom. The molecule has 1 aromatic carbocycles. The molecule has 4 heteroatoms. The van der Waals surface area contributed by atoms with Crippen molar-refractivity contribution in [3.05, 3.63) is 24.4 Å². The first kappa shape index (κ1) is 15.0. The molecule has 124 valence electrons. The molecule has 2 aliphatic rings. The standard InChI is InChI=1S/C19H28N4/c1-2-4-15(5-3-1)21-16-6-8-17(9-7-16)22-18-10-11-19-14(12-18)13-20-23-19/h10-13,15-17,21-22H,1-9H2,(H,20,23)/t16-,17-. The molecule has 4 rings (SSSR count). The second kappa shape index (κ2) is 6.91. The fourth-order valence-corrected chi connectivity index (χ4v) is 4.28. The van der Waals surface area contributed by atoms with Gasteiger partial charge < -0.3 is 10.6 Å². The van der Waals surface area contributed by atoms with Gasteiger partial charge in [0.05, 0.1) is 11.7 Å². The van der Waals surface area contributed by atoms with Crippen LogP contribution in [0, 0.1) is 0 Å². The van der Waals surface area contributed by atoms with Crippen LogP contribution in [0.2, 0.25) is 0 Å². The lowest BCUT2D eigenvalue weighted by molar-refractivity contribution is 0.283. The van der Waals surface area contributed by atoms with Crippen molar-refractivity contribution in [1.29, 1.82) is 0 Å². The van der Waals surface area contributed by atoms with E-state index in [2.05, 4.69) is 39.0 Å². The fourth-order valence-electron chi connectivity index (χ4n) is 4.28. The van der Waals surface area contributed by atoms with E-state index in [0.29, 0.717) is 6.04 Å². The molecule has 1 heterocycles. The van der Waals surface area contributed by atoms with Gasteiger partial charge in [-0.25, -0.2) is 0 Å². The van der Waals surface area contributed by atoms with E-state index in [1.54, 1.807) is 0 Å². The smallest absolute Gasteiger partial charge is 0.0651 e. The Balaban J connectivity index is 1.27. The van der Waals surface area contributed by atoms with Gasteiger partial charge in [0.2, 0.25) is 0 Å². The molecule has 0 bridgehead atoms. The van der Waals surface area contributed by atoms with Crippen molar-refractivity contribution in [2.45, 2.75) is 75.9 Å². The number of aromatic amines is 1. The van der Waals surface area contributed by atoms with Gasteiger partial charge >= 0.3 is 0 Å². The second-order valence-electron chi connectivity index (χ2n) is 7.37. The first-order valence-corrected chi connectivity index (χ1v) is 9.32. The molecule has 2 aromatic rings. The number of H-pyrrole nitrogens is 1. The quantitative estimate of drug-likeness (QED) is 0.792. The maximum Gasteiger partial charge on any atom is 0.0651 e. The summed E-state index contributed by atoms with van der Waals surface area (Å²) in [5.74, 6) is 0. The Hall–Kier alpha value is -1.55. The second-order valence-corrected chi connectivity index (χ2v) is 7.37. The normalized spacial score (nSPS) is 26.4. The molecule has 0 atom stereocenters. The van der Waals surface area contributed by atoms with Gasteiger partial charge in [0.1, 0.15) is 0 Å². The summed E-state index contributed by atoms with van der Waals surface area (Å²) in [4.78, 5) is 0. The van der Waals surface area contributed by atoms with Crippen LogP contribution in [0.5, 0.6) is 0 Å². The Labute approximate surface area is 138 Å². The van der Waals surface area contributed by atoms with E-state index in [0.717, 1.165) is 17.6 Å². The lowest BCUT2D eigenvalue weighted by atomic mass is 9.88. The highest BCUT2D eigenvalue weighted by atomic mass is 15.1. The molecule has 0 spiro atoms. The summed E-state index contributed by atoms with van der Waals surface area (Å²) in [6, 6.07) is 8.62. The van der Waals surface area contributed by atoms with Crippen LogP contribution in [-0.4, -0.2) is 28.3 Å². The van der Waals surface area contributed by atoms with Gasteiger partial charge in [0, 0.05) is 29.2 Å². The summed E-state index contributed by atoms with van der Waals surface area (Å²) in [5.41, 5.74) is 2.33. The van der Waals surface area contributed by atoms with Gasteiger partial charge in [-0.3, -0.25) is 5.10 Å². The highest BCUT2D eigenvalue weighted by Gasteiger charge is 2.24. The van der Waals surface area contributed by atoms with Crippen molar-refractivity contribution in [3.8, 4) is 0 Å². The molecular weight excluding hydrogens is 284 g/mol. The van der Waals surface area contributed by atoms with Crippen molar-refractivity contribution in [3.63, 3.8) is 0 Å². The fraction of sp³-hybridized carbons (Fsp3) is 0.632. The van der Waals surface area contributed by atoms with Crippen LogP contribution < -0.4 is 10.6 Å². The van der Waals surface area contributed by atoms with Gasteiger partial charge in [0.25, 0.3) is 0 Å². The number of aromatic nitrogens is 2. The Morgan fingerprint density at radius 1 is 0.870 bits per heavy atom. The van der Waals surface area contributed by atoms with Crippen molar-refractivity contribution in [1.82, 2.24) is 15.5 Å². The summed E-state index contributed by atoms with van der Waals surface area (Å²) in [6.45, 7) is 0. The average molecular weight is 312 g/mol. The first-order chi connectivity index (χ1) is 11.4. The van der Waals surface area contributed by atoms with E-state index in [1.165, 1.54) is 68.9 Å². The predicted octanol–water partition coefficient (Wildman–Crippen LogP) is 4.21. The van der Waals surface area contributed by atoms with Crippen LogP contribution in [0.4, 0.5) is 5.69 Å². The molecule has 23 heavy (non-hydrogen) atoms. The van der Waals surface area contributed by atoms with Gasteiger partial charge in [-0.2, -0.15) is 5.10 Å². The van der Waals surface area contributed by atoms with E-state index >= 15 is 0 Å². The number of nitrogens with zero attached hydrogens (tertiary/aromatic N) is 1. The minimum Gasteiger partial charge on any atom is -0.382 e. The Bertz CT molecular complexity index is 621. The topological polar surface area (TPSA) is 52.7 Å². The molecule has 0 amide bonds. The summed E-state index contributed by atoms with van der Waals surface area (Å²) >= 11 is 0. The monoisotopic (exact) mass is 312 g/mol. The minimum absolute atomic E-state index is 0.615. The zero-order chi connectivity index (χ0) is 15.5. The molecule has 3 N–H and O–H groups in total. The molecule has 2 fully saturated rings. The van der Waals surface area contributed by atoms with E-state index in [1.807, 2.05) is 6.20 Å². The van der Waals surface area contributed by atoms with E-state index in [4.69, 9.17) is 0 Å². The lowest BCUT2D eigenvalue weighted by Gasteiger charge is -2.34. The van der Waals surface area contributed by atoms with Crippen LogP contribution in [-0.2, 0) is 0 Å². The maximum atomic E-state index is 4.09. The van der Waals surface area contributed by atoms with Crippen LogP contribution >= 0.6 is 0 Å². The number of benzene rings is 1. The van der Waals surface area contributed by atoms with Gasteiger partial charge in [-0.05, 0) is 56.7 Å². The van der Waals surface area contributed by atoms with Crippen LogP contribution in [0.15, 0.2) is 24.4 Å². The van der Waals surface area contributed by atoms with Crippen LogP contribution in [0.25, 0.3) is 10.9 Å². The minimum atomic E-state index is 0.615. The molecule has 2 saturated carbocycles. The number of anilines is 1. The van der Waals surface area contributed by atoms with E-state index in [9.17, 15) is 0 Å². The van der Waals surface area contributed by atoms with Gasteiger partial charge in [-0.1, -0.05) is 19.3 Å². The SMILES string of the molecule is c1cc2[nH]ncc2cc1N[C@H]1CC[C@H](NC2CCCCC2)CC1. The zero-order valence-corrected chi connectivity index (χ0v) is 13.9. The number of fused-ring (bicyclic) bond motifs is 1. The largest absolute Gasteiger partial charge is 0.382 e. The average Bonchev–Trinajstić information content (AvgIpc) is 3.05. The molecular formula is C19H28N4. The first-order valence-electron chi connectivity index (χ1n) is 9.32. The van der Waals surface area contributed by atoms with Crippen molar-refractivity contribution in [2.24, 2.45) is 0 Å². The number of rotatable bonds is 4. The Morgan fingerprint density at radius 2 is 1.61 bits per heavy atom. The molecule has 0 saturated heterocycles. The summed E-state index contributed by atoms with van der Waals surface area (Å²) in [7, 11) is 0. The van der Waals surface area contributed by atoms with Crippen molar-refractivity contribution in [2.75, 3.05) is 5.32 Å². The van der Waals surface area contributed by atoms with E-state index < -0.39 is 0 Å². The Kier molecular flexibility index (Phi) is 4.51. The molecule has 2 aliphatic carbocycles. The third-order valence-corrected chi connectivity index (χ3v) is 5.61. The highest BCUT2D eigenvalue weighted by molar-refractivity contribution is 5.81. The van der Waals surface area contributed by atoms with Gasteiger partial charge in [-0.15, -0.1) is 0 Å². The number of nitrogens with one attached hydrogen (secondary N) is 3. The van der Waals surface area contributed by atoms with Crippen molar-refractivity contribution < 1.29 is 0 Å². The summed E-state index contributed by atoms with van der Waals surface area (Å²) in [6.07, 6.45) is 14.1. The number of hydrogen-bond donors (Lipinski definition) is 3. The van der Waals surface area contributed by atoms with E-state index in [-0.39, 0.29) is 0 Å². The third kappa shape index (κ3) is 3.69. The van der Waals surface area contributed by atoms with Gasteiger partial charge in [0.15, 0.2) is 0 Å². The molecule has 0 aliphatic heterocycles. The summed E-state index contributed by atoms with van der Waals surface area (Å²) < 4.78 is 0. The predicted molar refractivity (Wildman–Crippen MR) is 95.8 cm³/mol.